The van der Waals surface area contributed by atoms with E-state index in [-0.39, 0.29) is 0 Å². The Balaban J connectivity index is 1.60. The highest BCUT2D eigenvalue weighted by molar-refractivity contribution is 7.56. The number of nitrogens with zero attached hydrogens (tertiary/aromatic N) is 3. The number of hydrogen-bond acceptors (Lipinski definition) is 3. The smallest absolute Gasteiger partial charge is 0.287 e. The second-order valence-corrected chi connectivity index (χ2v) is 11.1. The van der Waals surface area contributed by atoms with Gasteiger partial charge in [0.1, 0.15) is 11.5 Å². The van der Waals surface area contributed by atoms with E-state index in [1.54, 1.807) is 14.2 Å². The maximum Gasteiger partial charge on any atom is 0.287 e. The molecule has 0 spiro atoms. The Hall–Kier alpha value is -1.85. The highest BCUT2D eigenvalue weighted by Crippen LogP contribution is 2.60. The van der Waals surface area contributed by atoms with Gasteiger partial charge in [-0.25, -0.2) is 14.0 Å². The summed E-state index contributed by atoms with van der Waals surface area (Å²) in [7, 11) is 0.523. The fourth-order valence-corrected chi connectivity index (χ4v) is 7.97. The highest BCUT2D eigenvalue weighted by atomic mass is 31.2. The lowest BCUT2D eigenvalue weighted by atomic mass is 10.2. The minimum absolute atomic E-state index is 0.691. The Labute approximate surface area is 186 Å². The van der Waals surface area contributed by atoms with Crippen LogP contribution in [0.5, 0.6) is 11.5 Å². The van der Waals surface area contributed by atoms with Crippen LogP contribution >= 0.6 is 7.59 Å². The van der Waals surface area contributed by atoms with Gasteiger partial charge in [0.2, 0.25) is 0 Å². The van der Waals surface area contributed by atoms with Crippen LogP contribution in [-0.2, 0) is 17.7 Å². The van der Waals surface area contributed by atoms with Crippen LogP contribution in [0.4, 0.5) is 0 Å². The minimum atomic E-state index is -2.84. The Morgan fingerprint density at radius 3 is 1.55 bits per heavy atom. The van der Waals surface area contributed by atoms with Gasteiger partial charge in [0.05, 0.1) is 14.2 Å². The number of ether oxygens (including phenoxy) is 2. The van der Waals surface area contributed by atoms with E-state index in [1.165, 1.54) is 17.5 Å². The molecule has 0 aromatic heterocycles. The molecule has 0 amide bonds. The number of piperidine rings is 1. The normalized spacial score (nSPS) is 20.5. The van der Waals surface area contributed by atoms with Crippen molar-refractivity contribution >= 4 is 7.59 Å². The van der Waals surface area contributed by atoms with E-state index in [0.717, 1.165) is 56.9 Å². The molecule has 2 aromatic carbocycles. The first-order valence-corrected chi connectivity index (χ1v) is 12.8. The molecule has 2 heterocycles. The van der Waals surface area contributed by atoms with E-state index in [4.69, 9.17) is 9.47 Å². The molecule has 168 valence electrons. The predicted octanol–water partition coefficient (Wildman–Crippen LogP) is 5.01. The fourth-order valence-electron chi connectivity index (χ4n) is 4.60. The standard InChI is InChI=1S/C24H34N3O3P/c1-29-23-11-7-21(8-12-23)19-26-17-6-18-27(20-22-9-13-24(30-2)14-10-22)31(26,28)25-15-4-3-5-16-25/h7-14H,3-6,15-20H2,1-2H3. The van der Waals surface area contributed by atoms with Gasteiger partial charge >= 0.3 is 0 Å². The average Bonchev–Trinajstić information content (AvgIpc) is 2.83. The lowest BCUT2D eigenvalue weighted by Gasteiger charge is -2.49. The Bertz CT molecular complexity index is 820. The molecule has 0 radical (unpaired) electrons. The molecule has 2 aliphatic heterocycles. The van der Waals surface area contributed by atoms with Gasteiger partial charge < -0.3 is 9.47 Å². The van der Waals surface area contributed by atoms with Crippen molar-refractivity contribution in [1.82, 2.24) is 14.0 Å². The third-order valence-corrected chi connectivity index (χ3v) is 9.61. The molecule has 0 N–H and O–H groups in total. The van der Waals surface area contributed by atoms with Gasteiger partial charge in [0.15, 0.2) is 0 Å². The van der Waals surface area contributed by atoms with Gasteiger partial charge in [-0.15, -0.1) is 0 Å². The molecule has 0 unspecified atom stereocenters. The van der Waals surface area contributed by atoms with Gasteiger partial charge in [-0.3, -0.25) is 4.57 Å². The quantitative estimate of drug-likeness (QED) is 0.561. The van der Waals surface area contributed by atoms with Crippen LogP contribution in [0.3, 0.4) is 0 Å². The first-order chi connectivity index (χ1) is 15.1. The summed E-state index contributed by atoms with van der Waals surface area (Å²) in [5.74, 6) is 1.70. The van der Waals surface area contributed by atoms with Gasteiger partial charge in [-0.2, -0.15) is 0 Å². The van der Waals surface area contributed by atoms with Gasteiger partial charge in [-0.1, -0.05) is 30.7 Å². The second kappa shape index (κ2) is 10.2. The lowest BCUT2D eigenvalue weighted by Crippen LogP contribution is -2.46. The summed E-state index contributed by atoms with van der Waals surface area (Å²) in [6.45, 7) is 4.93. The SMILES string of the molecule is COc1ccc(CN2CCCN(Cc3ccc(OC)cc3)P2(=O)N2CCCCC2)cc1. The zero-order valence-corrected chi connectivity index (χ0v) is 19.6. The van der Waals surface area contributed by atoms with E-state index in [1.807, 2.05) is 24.3 Å². The van der Waals surface area contributed by atoms with Crippen molar-refractivity contribution in [2.45, 2.75) is 38.8 Å². The molecular formula is C24H34N3O3P. The average molecular weight is 444 g/mol. The summed E-state index contributed by atoms with van der Waals surface area (Å²) >= 11 is 0. The van der Waals surface area contributed by atoms with Gasteiger partial charge in [0, 0.05) is 39.3 Å². The van der Waals surface area contributed by atoms with Crippen molar-refractivity contribution in [1.29, 1.82) is 0 Å². The Morgan fingerprint density at radius 2 is 1.13 bits per heavy atom. The monoisotopic (exact) mass is 443 g/mol. The molecule has 2 saturated heterocycles. The van der Waals surface area contributed by atoms with Crippen LogP contribution in [0.25, 0.3) is 0 Å². The topological polar surface area (TPSA) is 45.3 Å². The van der Waals surface area contributed by atoms with Crippen molar-refractivity contribution in [3.63, 3.8) is 0 Å². The zero-order chi connectivity index (χ0) is 21.7. The van der Waals surface area contributed by atoms with Crippen LogP contribution in [0.1, 0.15) is 36.8 Å². The minimum Gasteiger partial charge on any atom is -0.497 e. The van der Waals surface area contributed by atoms with Crippen LogP contribution in [0.2, 0.25) is 0 Å². The maximum absolute atomic E-state index is 14.8. The van der Waals surface area contributed by atoms with E-state index in [2.05, 4.69) is 38.3 Å². The van der Waals surface area contributed by atoms with Crippen molar-refractivity contribution in [2.24, 2.45) is 0 Å². The Morgan fingerprint density at radius 1 is 0.677 bits per heavy atom. The summed E-state index contributed by atoms with van der Waals surface area (Å²) in [5, 5.41) is 0. The largest absolute Gasteiger partial charge is 0.497 e. The molecule has 31 heavy (non-hydrogen) atoms. The second-order valence-electron chi connectivity index (χ2n) is 8.35. The van der Waals surface area contributed by atoms with Crippen LogP contribution in [-0.4, -0.2) is 54.4 Å². The molecule has 0 atom stereocenters. The molecule has 4 rings (SSSR count). The molecule has 0 saturated carbocycles. The van der Waals surface area contributed by atoms with E-state index >= 15 is 0 Å². The van der Waals surface area contributed by atoms with Gasteiger partial charge in [0.25, 0.3) is 7.59 Å². The van der Waals surface area contributed by atoms with Gasteiger partial charge in [-0.05, 0) is 54.7 Å². The van der Waals surface area contributed by atoms with Crippen LogP contribution in [0, 0.1) is 0 Å². The first kappa shape index (κ1) is 22.3. The highest BCUT2D eigenvalue weighted by Gasteiger charge is 2.45. The number of rotatable bonds is 7. The fraction of sp³-hybridized carbons (Fsp3) is 0.500. The summed E-state index contributed by atoms with van der Waals surface area (Å²) in [5.41, 5.74) is 2.34. The molecule has 2 aromatic rings. The molecule has 2 aliphatic rings. The first-order valence-electron chi connectivity index (χ1n) is 11.3. The number of methoxy groups -OCH3 is 2. The van der Waals surface area contributed by atoms with E-state index in [0.29, 0.717) is 13.1 Å². The Kier molecular flexibility index (Phi) is 7.34. The molecule has 0 bridgehead atoms. The van der Waals surface area contributed by atoms with E-state index in [9.17, 15) is 4.57 Å². The zero-order valence-electron chi connectivity index (χ0n) is 18.7. The van der Waals surface area contributed by atoms with E-state index < -0.39 is 7.59 Å². The molecule has 0 aliphatic carbocycles. The summed E-state index contributed by atoms with van der Waals surface area (Å²) in [6, 6.07) is 16.3. The third kappa shape index (κ3) is 4.98. The van der Waals surface area contributed by atoms with Crippen molar-refractivity contribution in [3.8, 4) is 11.5 Å². The molecule has 6 nitrogen and oxygen atoms in total. The summed E-state index contributed by atoms with van der Waals surface area (Å²) < 4.78 is 32.2. The summed E-state index contributed by atoms with van der Waals surface area (Å²) in [6.07, 6.45) is 4.49. The maximum atomic E-state index is 14.8. The predicted molar refractivity (Wildman–Crippen MR) is 124 cm³/mol. The van der Waals surface area contributed by atoms with Crippen molar-refractivity contribution in [2.75, 3.05) is 40.4 Å². The molecular weight excluding hydrogens is 409 g/mol. The molecule has 7 heteroatoms. The van der Waals surface area contributed by atoms with Crippen LogP contribution < -0.4 is 9.47 Å². The lowest BCUT2D eigenvalue weighted by molar-refractivity contribution is 0.207. The third-order valence-electron chi connectivity index (χ3n) is 6.32. The molecule has 2 fully saturated rings. The van der Waals surface area contributed by atoms with Crippen molar-refractivity contribution in [3.05, 3.63) is 59.7 Å². The van der Waals surface area contributed by atoms with Crippen molar-refractivity contribution < 1.29 is 14.0 Å². The number of benzene rings is 2. The summed E-state index contributed by atoms with van der Waals surface area (Å²) in [4.78, 5) is 0. The number of hydrogen-bond donors (Lipinski definition) is 0. The van der Waals surface area contributed by atoms with Crippen LogP contribution in [0.15, 0.2) is 48.5 Å².